The SMILES string of the molecule is O=C(Cc1ccc(N2CCCC2=O)cc1)N1CC[NH+](Cc2ccccc2)CC1. The van der Waals surface area contributed by atoms with E-state index in [0.29, 0.717) is 12.8 Å². The quantitative estimate of drug-likeness (QED) is 0.852. The van der Waals surface area contributed by atoms with Crippen LogP contribution in [0.2, 0.25) is 0 Å². The molecule has 0 bridgehead atoms. The Morgan fingerprint density at radius 1 is 0.893 bits per heavy atom. The van der Waals surface area contributed by atoms with Crippen molar-refractivity contribution < 1.29 is 14.5 Å². The molecular weight excluding hydrogens is 350 g/mol. The molecule has 0 unspecified atom stereocenters. The monoisotopic (exact) mass is 378 g/mol. The first-order chi connectivity index (χ1) is 13.7. The van der Waals surface area contributed by atoms with Crippen molar-refractivity contribution in [2.24, 2.45) is 0 Å². The number of rotatable bonds is 5. The third kappa shape index (κ3) is 4.42. The maximum absolute atomic E-state index is 12.7. The number of anilines is 1. The van der Waals surface area contributed by atoms with Gasteiger partial charge in [-0.3, -0.25) is 9.59 Å². The Hall–Kier alpha value is -2.66. The lowest BCUT2D eigenvalue weighted by Gasteiger charge is -2.32. The first-order valence-corrected chi connectivity index (χ1v) is 10.2. The minimum atomic E-state index is 0.194. The summed E-state index contributed by atoms with van der Waals surface area (Å²) in [5, 5.41) is 0. The van der Waals surface area contributed by atoms with Crippen LogP contribution in [0.4, 0.5) is 5.69 Å². The smallest absolute Gasteiger partial charge is 0.227 e. The Kier molecular flexibility index (Phi) is 5.72. The third-order valence-corrected chi connectivity index (χ3v) is 5.80. The Labute approximate surface area is 166 Å². The van der Waals surface area contributed by atoms with Crippen molar-refractivity contribution in [2.75, 3.05) is 37.6 Å². The Bertz CT molecular complexity index is 812. The van der Waals surface area contributed by atoms with Gasteiger partial charge < -0.3 is 14.7 Å². The lowest BCUT2D eigenvalue weighted by Crippen LogP contribution is -3.13. The molecular formula is C23H28N3O2+. The van der Waals surface area contributed by atoms with Gasteiger partial charge in [0.2, 0.25) is 11.8 Å². The average Bonchev–Trinajstić information content (AvgIpc) is 3.16. The first kappa shape index (κ1) is 18.7. The zero-order chi connectivity index (χ0) is 19.3. The zero-order valence-electron chi connectivity index (χ0n) is 16.3. The van der Waals surface area contributed by atoms with Crippen LogP contribution in [0.25, 0.3) is 0 Å². The molecule has 2 heterocycles. The molecule has 2 saturated heterocycles. The molecule has 2 amide bonds. The van der Waals surface area contributed by atoms with Gasteiger partial charge in [0.05, 0.1) is 32.6 Å². The molecule has 2 fully saturated rings. The van der Waals surface area contributed by atoms with Crippen molar-refractivity contribution in [1.29, 1.82) is 0 Å². The van der Waals surface area contributed by atoms with E-state index in [1.54, 1.807) is 0 Å². The second kappa shape index (κ2) is 8.57. The van der Waals surface area contributed by atoms with E-state index < -0.39 is 0 Å². The van der Waals surface area contributed by atoms with E-state index in [1.807, 2.05) is 40.1 Å². The standard InChI is InChI=1S/C23H27N3O2/c27-22-7-4-12-26(22)21-10-8-19(9-11-21)17-23(28)25-15-13-24(14-16-25)18-20-5-2-1-3-6-20/h1-3,5-6,8-11H,4,7,12-18H2/p+1. The highest BCUT2D eigenvalue weighted by Crippen LogP contribution is 2.21. The van der Waals surface area contributed by atoms with Gasteiger partial charge in [-0.15, -0.1) is 0 Å². The molecule has 0 saturated carbocycles. The molecule has 2 aliphatic rings. The number of carbonyl (C=O) groups excluding carboxylic acids is 2. The van der Waals surface area contributed by atoms with E-state index in [-0.39, 0.29) is 11.8 Å². The van der Waals surface area contributed by atoms with Gasteiger partial charge in [0, 0.05) is 24.2 Å². The molecule has 146 valence electrons. The molecule has 2 aliphatic heterocycles. The molecule has 28 heavy (non-hydrogen) atoms. The summed E-state index contributed by atoms with van der Waals surface area (Å²) in [5.41, 5.74) is 3.31. The predicted molar refractivity (Wildman–Crippen MR) is 109 cm³/mol. The summed E-state index contributed by atoms with van der Waals surface area (Å²) < 4.78 is 0. The molecule has 0 radical (unpaired) electrons. The van der Waals surface area contributed by atoms with E-state index >= 15 is 0 Å². The van der Waals surface area contributed by atoms with Crippen molar-refractivity contribution in [3.05, 3.63) is 65.7 Å². The number of amides is 2. The van der Waals surface area contributed by atoms with Crippen LogP contribution in [0.5, 0.6) is 0 Å². The van der Waals surface area contributed by atoms with Gasteiger partial charge in [0.15, 0.2) is 0 Å². The number of benzene rings is 2. The second-order valence-corrected chi connectivity index (χ2v) is 7.79. The van der Waals surface area contributed by atoms with Gasteiger partial charge in [-0.1, -0.05) is 42.5 Å². The highest BCUT2D eigenvalue weighted by molar-refractivity contribution is 5.95. The van der Waals surface area contributed by atoms with Gasteiger partial charge in [-0.05, 0) is 24.1 Å². The number of hydrogen-bond acceptors (Lipinski definition) is 2. The summed E-state index contributed by atoms with van der Waals surface area (Å²) in [6.07, 6.45) is 2.00. The van der Waals surface area contributed by atoms with E-state index in [4.69, 9.17) is 0 Å². The zero-order valence-corrected chi connectivity index (χ0v) is 16.3. The van der Waals surface area contributed by atoms with Gasteiger partial charge in [0.25, 0.3) is 0 Å². The van der Waals surface area contributed by atoms with Crippen LogP contribution in [0.15, 0.2) is 54.6 Å². The lowest BCUT2D eigenvalue weighted by molar-refractivity contribution is -0.917. The minimum Gasteiger partial charge on any atom is -0.331 e. The molecule has 1 N–H and O–H groups in total. The molecule has 0 aliphatic carbocycles. The van der Waals surface area contributed by atoms with Gasteiger partial charge in [-0.25, -0.2) is 0 Å². The summed E-state index contributed by atoms with van der Waals surface area (Å²) >= 11 is 0. The summed E-state index contributed by atoms with van der Waals surface area (Å²) in [6.45, 7) is 5.46. The summed E-state index contributed by atoms with van der Waals surface area (Å²) in [7, 11) is 0. The normalized spacial score (nSPS) is 17.9. The molecule has 0 atom stereocenters. The average molecular weight is 378 g/mol. The van der Waals surface area contributed by atoms with Crippen molar-refractivity contribution in [3.8, 4) is 0 Å². The Morgan fingerprint density at radius 2 is 1.61 bits per heavy atom. The maximum atomic E-state index is 12.7. The number of quaternary nitrogens is 1. The predicted octanol–water partition coefficient (Wildman–Crippen LogP) is 1.28. The topological polar surface area (TPSA) is 45.1 Å². The lowest BCUT2D eigenvalue weighted by atomic mass is 10.1. The van der Waals surface area contributed by atoms with E-state index in [9.17, 15) is 9.59 Å². The number of nitrogens with one attached hydrogen (secondary N) is 1. The summed E-state index contributed by atoms with van der Waals surface area (Å²) in [6, 6.07) is 18.4. The second-order valence-electron chi connectivity index (χ2n) is 7.79. The molecule has 0 aromatic heterocycles. The minimum absolute atomic E-state index is 0.194. The van der Waals surface area contributed by atoms with Gasteiger partial charge >= 0.3 is 0 Å². The maximum Gasteiger partial charge on any atom is 0.227 e. The van der Waals surface area contributed by atoms with Crippen LogP contribution in [0, 0.1) is 0 Å². The number of nitrogens with zero attached hydrogens (tertiary/aromatic N) is 2. The Morgan fingerprint density at radius 3 is 2.25 bits per heavy atom. The summed E-state index contributed by atoms with van der Waals surface area (Å²) in [4.78, 5) is 29.9. The fourth-order valence-electron chi connectivity index (χ4n) is 4.13. The van der Waals surface area contributed by atoms with Crippen LogP contribution < -0.4 is 9.80 Å². The fraction of sp³-hybridized carbons (Fsp3) is 0.391. The van der Waals surface area contributed by atoms with Crippen molar-refractivity contribution >= 4 is 17.5 Å². The molecule has 2 aromatic rings. The van der Waals surface area contributed by atoms with Crippen molar-refractivity contribution in [3.63, 3.8) is 0 Å². The highest BCUT2D eigenvalue weighted by atomic mass is 16.2. The third-order valence-electron chi connectivity index (χ3n) is 5.80. The van der Waals surface area contributed by atoms with Crippen molar-refractivity contribution in [1.82, 2.24) is 4.90 Å². The Balaban J connectivity index is 1.27. The van der Waals surface area contributed by atoms with Crippen LogP contribution in [-0.2, 0) is 22.6 Å². The van der Waals surface area contributed by atoms with Crippen LogP contribution in [-0.4, -0.2) is 49.4 Å². The first-order valence-electron chi connectivity index (χ1n) is 10.2. The number of carbonyl (C=O) groups is 2. The van der Waals surface area contributed by atoms with Gasteiger partial charge in [0.1, 0.15) is 6.54 Å². The van der Waals surface area contributed by atoms with Gasteiger partial charge in [-0.2, -0.15) is 0 Å². The van der Waals surface area contributed by atoms with Crippen LogP contribution in [0.3, 0.4) is 0 Å². The molecule has 2 aromatic carbocycles. The van der Waals surface area contributed by atoms with Crippen LogP contribution in [0.1, 0.15) is 24.0 Å². The van der Waals surface area contributed by atoms with E-state index in [2.05, 4.69) is 24.3 Å². The summed E-state index contributed by atoms with van der Waals surface area (Å²) in [5.74, 6) is 0.392. The molecule has 5 heteroatoms. The number of hydrogen-bond donors (Lipinski definition) is 1. The molecule has 4 rings (SSSR count). The molecule has 0 spiro atoms. The van der Waals surface area contributed by atoms with Crippen LogP contribution >= 0.6 is 0 Å². The van der Waals surface area contributed by atoms with Crippen molar-refractivity contribution in [2.45, 2.75) is 25.8 Å². The number of piperazine rings is 1. The molecule has 5 nitrogen and oxygen atoms in total. The largest absolute Gasteiger partial charge is 0.331 e. The fourth-order valence-corrected chi connectivity index (χ4v) is 4.13. The van der Waals surface area contributed by atoms with E-state index in [1.165, 1.54) is 10.5 Å². The van der Waals surface area contributed by atoms with E-state index in [0.717, 1.165) is 56.9 Å². The highest BCUT2D eigenvalue weighted by Gasteiger charge is 2.24.